The third-order valence-electron chi connectivity index (χ3n) is 5.32. The van der Waals surface area contributed by atoms with Crippen molar-refractivity contribution in [3.05, 3.63) is 11.6 Å². The molecule has 0 aromatic rings. The Bertz CT molecular complexity index is 424. The van der Waals surface area contributed by atoms with Gasteiger partial charge >= 0.3 is 5.97 Å². The second-order valence-corrected chi connectivity index (χ2v) is 6.47. The molecule has 3 nitrogen and oxygen atoms in total. The quantitative estimate of drug-likeness (QED) is 0.720. The van der Waals surface area contributed by atoms with Crippen LogP contribution in [0.5, 0.6) is 0 Å². The molecule has 0 amide bonds. The molecule has 2 unspecified atom stereocenters. The Hall–Kier alpha value is -1.12. The summed E-state index contributed by atoms with van der Waals surface area (Å²) in [6.07, 6.45) is 5.87. The summed E-state index contributed by atoms with van der Waals surface area (Å²) >= 11 is 0. The third-order valence-corrected chi connectivity index (χ3v) is 5.32. The van der Waals surface area contributed by atoms with Crippen LogP contribution in [0.3, 0.4) is 0 Å². The van der Waals surface area contributed by atoms with Gasteiger partial charge in [-0.1, -0.05) is 19.9 Å². The average Bonchev–Trinajstić information content (AvgIpc) is 2.67. The molecule has 0 saturated heterocycles. The first-order valence-corrected chi connectivity index (χ1v) is 7.18. The minimum atomic E-state index is -0.129. The first kappa shape index (κ1) is 14.3. The Kier molecular flexibility index (Phi) is 3.84. The summed E-state index contributed by atoms with van der Waals surface area (Å²) in [5.74, 6) is 0.677. The third kappa shape index (κ3) is 2.47. The lowest BCUT2D eigenvalue weighted by Gasteiger charge is -2.32. The summed E-state index contributed by atoms with van der Waals surface area (Å²) in [5, 5.41) is 0. The van der Waals surface area contributed by atoms with E-state index in [1.54, 1.807) is 0 Å². The van der Waals surface area contributed by atoms with Crippen molar-refractivity contribution in [1.82, 2.24) is 0 Å². The maximum Gasteiger partial charge on any atom is 0.308 e. The van der Waals surface area contributed by atoms with Crippen LogP contribution in [0.15, 0.2) is 11.6 Å². The van der Waals surface area contributed by atoms with Crippen molar-refractivity contribution in [1.29, 1.82) is 0 Å². The number of ether oxygens (including phenoxy) is 1. The average molecular weight is 264 g/mol. The molecule has 106 valence electrons. The molecule has 0 N–H and O–H groups in total. The second-order valence-electron chi connectivity index (χ2n) is 6.47. The van der Waals surface area contributed by atoms with Gasteiger partial charge in [0.05, 0.1) is 13.0 Å². The van der Waals surface area contributed by atoms with Crippen LogP contribution in [0.25, 0.3) is 0 Å². The molecule has 2 aliphatic rings. The molecule has 1 saturated carbocycles. The molecule has 1 fully saturated rings. The van der Waals surface area contributed by atoms with Crippen molar-refractivity contribution in [3.63, 3.8) is 0 Å². The smallest absolute Gasteiger partial charge is 0.308 e. The molecule has 0 radical (unpaired) electrons. The molecule has 4 atom stereocenters. The Morgan fingerprint density at radius 2 is 2.16 bits per heavy atom. The standard InChI is InChI=1S/C16H24O3/c1-10-9-13-12(11(2)15(18)19-4)5-7-16(13,3)8-6-14(10)17/h9,11-13H,5-8H2,1-4H3/t11-,12?,13?,16-/m0/s1. The monoisotopic (exact) mass is 264 g/mol. The summed E-state index contributed by atoms with van der Waals surface area (Å²) in [7, 11) is 1.45. The number of rotatable bonds is 2. The molecule has 2 rings (SSSR count). The SMILES string of the molecule is COC(=O)[C@@H](C)C1CC[C@@]2(C)CCC(=O)C(C)=CC12. The molecule has 0 aromatic heterocycles. The maximum atomic E-state index is 11.9. The molecular weight excluding hydrogens is 240 g/mol. The Balaban J connectivity index is 2.30. The highest BCUT2D eigenvalue weighted by Crippen LogP contribution is 2.54. The van der Waals surface area contributed by atoms with Gasteiger partial charge in [-0.15, -0.1) is 0 Å². The molecule has 2 aliphatic carbocycles. The number of ketones is 1. The van der Waals surface area contributed by atoms with Crippen LogP contribution in [0, 0.1) is 23.2 Å². The second kappa shape index (κ2) is 5.10. The molecule has 0 aromatic carbocycles. The van der Waals surface area contributed by atoms with Crippen LogP contribution in [0.1, 0.15) is 46.5 Å². The van der Waals surface area contributed by atoms with Crippen molar-refractivity contribution in [2.24, 2.45) is 23.2 Å². The number of allylic oxidation sites excluding steroid dienone is 2. The predicted octanol–water partition coefficient (Wildman–Crippen LogP) is 3.14. The van der Waals surface area contributed by atoms with Gasteiger partial charge in [-0.2, -0.15) is 0 Å². The van der Waals surface area contributed by atoms with E-state index in [0.29, 0.717) is 18.3 Å². The van der Waals surface area contributed by atoms with Crippen molar-refractivity contribution in [2.75, 3.05) is 7.11 Å². The fourth-order valence-corrected chi connectivity index (χ4v) is 3.86. The van der Waals surface area contributed by atoms with E-state index in [9.17, 15) is 9.59 Å². The van der Waals surface area contributed by atoms with E-state index < -0.39 is 0 Å². The zero-order valence-corrected chi connectivity index (χ0v) is 12.4. The van der Waals surface area contributed by atoms with Crippen LogP contribution in [-0.4, -0.2) is 18.9 Å². The van der Waals surface area contributed by atoms with E-state index in [4.69, 9.17) is 4.74 Å². The Labute approximate surface area is 115 Å². The van der Waals surface area contributed by atoms with Gasteiger partial charge in [0.15, 0.2) is 5.78 Å². The van der Waals surface area contributed by atoms with Gasteiger partial charge < -0.3 is 4.74 Å². The van der Waals surface area contributed by atoms with Crippen molar-refractivity contribution in [3.8, 4) is 0 Å². The molecule has 0 aliphatic heterocycles. The van der Waals surface area contributed by atoms with Crippen LogP contribution in [0.4, 0.5) is 0 Å². The van der Waals surface area contributed by atoms with Gasteiger partial charge in [-0.25, -0.2) is 0 Å². The lowest BCUT2D eigenvalue weighted by Crippen LogP contribution is -2.30. The molecule has 0 bridgehead atoms. The van der Waals surface area contributed by atoms with E-state index in [0.717, 1.165) is 24.8 Å². The summed E-state index contributed by atoms with van der Waals surface area (Å²) in [6.45, 7) is 6.13. The van der Waals surface area contributed by atoms with E-state index in [2.05, 4.69) is 13.0 Å². The number of esters is 1. The number of hydrogen-bond donors (Lipinski definition) is 0. The van der Waals surface area contributed by atoms with Gasteiger partial charge in [0.25, 0.3) is 0 Å². The van der Waals surface area contributed by atoms with Crippen molar-refractivity contribution >= 4 is 11.8 Å². The first-order chi connectivity index (χ1) is 8.89. The lowest BCUT2D eigenvalue weighted by molar-refractivity contribution is -0.147. The number of methoxy groups -OCH3 is 1. The van der Waals surface area contributed by atoms with Crippen LogP contribution >= 0.6 is 0 Å². The normalized spacial score (nSPS) is 36.2. The minimum absolute atomic E-state index is 0.0888. The van der Waals surface area contributed by atoms with Gasteiger partial charge in [-0.05, 0) is 49.0 Å². The Morgan fingerprint density at radius 3 is 2.79 bits per heavy atom. The van der Waals surface area contributed by atoms with Gasteiger partial charge in [-0.3, -0.25) is 9.59 Å². The molecular formula is C16H24O3. The van der Waals surface area contributed by atoms with E-state index in [1.165, 1.54) is 7.11 Å². The summed E-state index contributed by atoms with van der Waals surface area (Å²) in [6, 6.07) is 0. The number of carbonyl (C=O) groups excluding carboxylic acids is 2. The number of carbonyl (C=O) groups is 2. The molecule has 19 heavy (non-hydrogen) atoms. The lowest BCUT2D eigenvalue weighted by atomic mass is 9.72. The summed E-state index contributed by atoms with van der Waals surface area (Å²) < 4.78 is 4.89. The zero-order valence-electron chi connectivity index (χ0n) is 12.4. The number of fused-ring (bicyclic) bond motifs is 1. The van der Waals surface area contributed by atoms with Gasteiger partial charge in [0.2, 0.25) is 0 Å². The van der Waals surface area contributed by atoms with Crippen molar-refractivity contribution in [2.45, 2.75) is 46.5 Å². The van der Waals surface area contributed by atoms with E-state index in [1.807, 2.05) is 13.8 Å². The fraction of sp³-hybridized carbons (Fsp3) is 0.750. The molecule has 0 heterocycles. The maximum absolute atomic E-state index is 11.9. The van der Waals surface area contributed by atoms with E-state index in [-0.39, 0.29) is 23.1 Å². The highest BCUT2D eigenvalue weighted by molar-refractivity contribution is 5.95. The number of hydrogen-bond acceptors (Lipinski definition) is 3. The van der Waals surface area contributed by atoms with Gasteiger partial charge in [0, 0.05) is 6.42 Å². The highest BCUT2D eigenvalue weighted by Gasteiger charge is 2.48. The number of Topliss-reactive ketones (excluding diaryl/α,β-unsaturated/α-hetero) is 1. The molecule has 3 heteroatoms. The molecule has 0 spiro atoms. The van der Waals surface area contributed by atoms with Gasteiger partial charge in [0.1, 0.15) is 0 Å². The predicted molar refractivity (Wildman–Crippen MR) is 73.5 cm³/mol. The zero-order chi connectivity index (χ0) is 14.2. The van der Waals surface area contributed by atoms with Crippen LogP contribution in [-0.2, 0) is 14.3 Å². The topological polar surface area (TPSA) is 43.4 Å². The fourth-order valence-electron chi connectivity index (χ4n) is 3.86. The first-order valence-electron chi connectivity index (χ1n) is 7.18. The van der Waals surface area contributed by atoms with E-state index >= 15 is 0 Å². The largest absolute Gasteiger partial charge is 0.469 e. The summed E-state index contributed by atoms with van der Waals surface area (Å²) in [5.41, 5.74) is 1.04. The van der Waals surface area contributed by atoms with Crippen LogP contribution in [0.2, 0.25) is 0 Å². The van der Waals surface area contributed by atoms with Crippen molar-refractivity contribution < 1.29 is 14.3 Å². The minimum Gasteiger partial charge on any atom is -0.469 e. The summed E-state index contributed by atoms with van der Waals surface area (Å²) in [4.78, 5) is 23.7. The highest BCUT2D eigenvalue weighted by atomic mass is 16.5. The Morgan fingerprint density at radius 1 is 1.47 bits per heavy atom. The van der Waals surface area contributed by atoms with Crippen LogP contribution < -0.4 is 0 Å².